The lowest BCUT2D eigenvalue weighted by atomic mass is 10.2. The van der Waals surface area contributed by atoms with Gasteiger partial charge in [0.25, 0.3) is 0 Å². The number of hydrogen-bond acceptors (Lipinski definition) is 5. The maximum atomic E-state index is 10.5. The van der Waals surface area contributed by atoms with Crippen LogP contribution in [0.1, 0.15) is 32.6 Å². The van der Waals surface area contributed by atoms with E-state index in [0.29, 0.717) is 6.61 Å². The summed E-state index contributed by atoms with van der Waals surface area (Å²) in [7, 11) is 2.49. The molecule has 0 N–H and O–H groups in total. The van der Waals surface area contributed by atoms with Crippen LogP contribution in [-0.4, -0.2) is 42.7 Å². The molecule has 0 aliphatic heterocycles. The molecule has 0 aromatic carbocycles. The van der Waals surface area contributed by atoms with Crippen LogP contribution in [0.3, 0.4) is 0 Å². The van der Waals surface area contributed by atoms with Gasteiger partial charge in [0.05, 0.1) is 6.61 Å². The van der Waals surface area contributed by atoms with Crippen molar-refractivity contribution < 1.29 is 22.8 Å². The Morgan fingerprint density at radius 2 is 1.47 bits per heavy atom. The van der Waals surface area contributed by atoms with Crippen molar-refractivity contribution in [3.05, 3.63) is 0 Å². The molecule has 0 heterocycles. The first-order valence-electron chi connectivity index (χ1n) is 5.89. The van der Waals surface area contributed by atoms with E-state index in [1.165, 1.54) is 6.92 Å². The van der Waals surface area contributed by atoms with E-state index in [0.717, 1.165) is 31.7 Å². The Morgan fingerprint density at radius 3 is 1.94 bits per heavy atom. The molecule has 5 nitrogen and oxygen atoms in total. The first kappa shape index (κ1) is 16.6. The highest BCUT2D eigenvalue weighted by Gasteiger charge is 2.36. The van der Waals surface area contributed by atoms with Crippen LogP contribution in [0.4, 0.5) is 0 Å². The molecule has 0 aliphatic rings. The van der Waals surface area contributed by atoms with E-state index in [1.54, 1.807) is 21.3 Å². The molecule has 0 fully saturated rings. The second-order valence-electron chi connectivity index (χ2n) is 3.80. The van der Waals surface area contributed by atoms with E-state index < -0.39 is 8.80 Å². The Labute approximate surface area is 105 Å². The first-order valence-corrected chi connectivity index (χ1v) is 7.82. The molecule has 0 spiro atoms. The topological polar surface area (TPSA) is 54.0 Å². The van der Waals surface area contributed by atoms with Gasteiger partial charge in [-0.05, 0) is 12.8 Å². The van der Waals surface area contributed by atoms with Gasteiger partial charge in [-0.25, -0.2) is 0 Å². The zero-order valence-electron chi connectivity index (χ0n) is 11.3. The molecular formula is C11H24O5Si. The average molecular weight is 264 g/mol. The molecule has 0 aromatic rings. The lowest BCUT2D eigenvalue weighted by molar-refractivity contribution is -0.141. The van der Waals surface area contributed by atoms with E-state index in [9.17, 15) is 4.79 Å². The van der Waals surface area contributed by atoms with Crippen molar-refractivity contribution >= 4 is 14.8 Å². The molecule has 0 unspecified atom stereocenters. The Hall–Kier alpha value is -0.433. The molecule has 0 saturated heterocycles. The van der Waals surface area contributed by atoms with Crippen molar-refractivity contribution in [2.45, 2.75) is 38.7 Å². The van der Waals surface area contributed by atoms with Crippen LogP contribution >= 0.6 is 0 Å². The van der Waals surface area contributed by atoms with Gasteiger partial charge in [0, 0.05) is 34.3 Å². The molecule has 0 bridgehead atoms. The third-order valence-electron chi connectivity index (χ3n) is 2.62. The van der Waals surface area contributed by atoms with Crippen molar-refractivity contribution in [2.24, 2.45) is 0 Å². The first-order chi connectivity index (χ1) is 8.10. The quantitative estimate of drug-likeness (QED) is 0.343. The van der Waals surface area contributed by atoms with E-state index in [2.05, 4.69) is 0 Å². The largest absolute Gasteiger partial charge is 0.500 e. The summed E-state index contributed by atoms with van der Waals surface area (Å²) >= 11 is 0. The molecule has 102 valence electrons. The Kier molecular flexibility index (Phi) is 9.34. The fraction of sp³-hybridized carbons (Fsp3) is 0.909. The van der Waals surface area contributed by atoms with Crippen LogP contribution in [0, 0.1) is 0 Å². The van der Waals surface area contributed by atoms with Gasteiger partial charge in [-0.3, -0.25) is 4.79 Å². The van der Waals surface area contributed by atoms with Crippen LogP contribution in [0.15, 0.2) is 0 Å². The average Bonchev–Trinajstić information content (AvgIpc) is 2.33. The third-order valence-corrected chi connectivity index (χ3v) is 5.45. The maximum absolute atomic E-state index is 10.5. The number of esters is 1. The number of ether oxygens (including phenoxy) is 1. The Bertz CT molecular complexity index is 198. The molecule has 0 atom stereocenters. The van der Waals surface area contributed by atoms with Gasteiger partial charge >= 0.3 is 14.8 Å². The van der Waals surface area contributed by atoms with Crippen LogP contribution in [-0.2, 0) is 22.8 Å². The second-order valence-corrected chi connectivity index (χ2v) is 6.89. The molecule has 17 heavy (non-hydrogen) atoms. The van der Waals surface area contributed by atoms with Crippen molar-refractivity contribution in [2.75, 3.05) is 27.9 Å². The highest BCUT2D eigenvalue weighted by molar-refractivity contribution is 6.60. The standard InChI is InChI=1S/C11H24O5Si/c1-11(12)16-9-7-5-6-8-10-17(13-2,14-3)15-4/h5-10H2,1-4H3. The number of carbonyl (C=O) groups excluding carboxylic acids is 1. The predicted octanol–water partition coefficient (Wildman–Crippen LogP) is 1.99. The molecule has 0 amide bonds. The van der Waals surface area contributed by atoms with E-state index in [1.807, 2.05) is 0 Å². The van der Waals surface area contributed by atoms with Gasteiger partial charge < -0.3 is 18.0 Å². The summed E-state index contributed by atoms with van der Waals surface area (Å²) < 4.78 is 20.8. The van der Waals surface area contributed by atoms with Crippen LogP contribution < -0.4 is 0 Å². The lowest BCUT2D eigenvalue weighted by Gasteiger charge is -2.24. The van der Waals surface area contributed by atoms with E-state index in [-0.39, 0.29) is 5.97 Å². The van der Waals surface area contributed by atoms with E-state index in [4.69, 9.17) is 18.0 Å². The number of carbonyl (C=O) groups is 1. The van der Waals surface area contributed by atoms with Crippen LogP contribution in [0.25, 0.3) is 0 Å². The molecular weight excluding hydrogens is 240 g/mol. The minimum Gasteiger partial charge on any atom is -0.466 e. The molecule has 0 aromatic heterocycles. The number of rotatable bonds is 10. The van der Waals surface area contributed by atoms with Crippen molar-refractivity contribution in [1.82, 2.24) is 0 Å². The summed E-state index contributed by atoms with van der Waals surface area (Å²) in [5.74, 6) is -0.213. The van der Waals surface area contributed by atoms with Gasteiger partial charge in [0.1, 0.15) is 0 Å². The van der Waals surface area contributed by atoms with Gasteiger partial charge in [0.2, 0.25) is 0 Å². The van der Waals surface area contributed by atoms with Gasteiger partial charge in [-0.15, -0.1) is 0 Å². The summed E-state index contributed by atoms with van der Waals surface area (Å²) in [6, 6.07) is 0.823. The Balaban J connectivity index is 3.52. The molecule has 0 saturated carbocycles. The summed E-state index contributed by atoms with van der Waals surface area (Å²) in [6.07, 6.45) is 4.00. The third kappa shape index (κ3) is 7.48. The predicted molar refractivity (Wildman–Crippen MR) is 66.7 cm³/mol. The Morgan fingerprint density at radius 1 is 0.941 bits per heavy atom. The molecule has 6 heteroatoms. The zero-order chi connectivity index (χ0) is 13.1. The van der Waals surface area contributed by atoms with Crippen molar-refractivity contribution in [3.8, 4) is 0 Å². The molecule has 0 radical (unpaired) electrons. The SMILES string of the molecule is CO[Si](CCCCCCOC(C)=O)(OC)OC. The van der Waals surface area contributed by atoms with E-state index >= 15 is 0 Å². The zero-order valence-corrected chi connectivity index (χ0v) is 12.3. The fourth-order valence-electron chi connectivity index (χ4n) is 1.57. The highest BCUT2D eigenvalue weighted by Crippen LogP contribution is 2.17. The minimum atomic E-state index is -2.39. The fourth-order valence-corrected chi connectivity index (χ4v) is 3.36. The second kappa shape index (κ2) is 9.58. The molecule has 0 aliphatic carbocycles. The molecule has 0 rings (SSSR count). The normalized spacial score (nSPS) is 11.5. The minimum absolute atomic E-state index is 0.213. The van der Waals surface area contributed by atoms with Crippen LogP contribution in [0.5, 0.6) is 0 Å². The van der Waals surface area contributed by atoms with Gasteiger partial charge in [0.15, 0.2) is 0 Å². The summed E-state index contributed by atoms with van der Waals surface area (Å²) in [5.41, 5.74) is 0. The van der Waals surface area contributed by atoms with Crippen molar-refractivity contribution in [1.29, 1.82) is 0 Å². The maximum Gasteiger partial charge on any atom is 0.500 e. The summed E-state index contributed by atoms with van der Waals surface area (Å²) in [6.45, 7) is 1.94. The number of hydrogen-bond donors (Lipinski definition) is 0. The highest BCUT2D eigenvalue weighted by atomic mass is 28.4. The lowest BCUT2D eigenvalue weighted by Crippen LogP contribution is -2.42. The van der Waals surface area contributed by atoms with Gasteiger partial charge in [-0.1, -0.05) is 12.8 Å². The van der Waals surface area contributed by atoms with Crippen molar-refractivity contribution in [3.63, 3.8) is 0 Å². The monoisotopic (exact) mass is 264 g/mol. The summed E-state index contributed by atoms with van der Waals surface area (Å²) in [4.78, 5) is 10.5. The smallest absolute Gasteiger partial charge is 0.466 e. The van der Waals surface area contributed by atoms with Gasteiger partial charge in [-0.2, -0.15) is 0 Å². The number of unbranched alkanes of at least 4 members (excludes halogenated alkanes) is 3. The van der Waals surface area contributed by atoms with Crippen LogP contribution in [0.2, 0.25) is 6.04 Å². The summed E-state index contributed by atoms with van der Waals surface area (Å²) in [5, 5.41) is 0.